The highest BCUT2D eigenvalue weighted by Crippen LogP contribution is 2.20. The van der Waals surface area contributed by atoms with E-state index in [1.807, 2.05) is 57.1 Å². The number of amides is 1. The molecule has 5 heteroatoms. The van der Waals surface area contributed by atoms with Crippen LogP contribution in [-0.4, -0.2) is 25.0 Å². The van der Waals surface area contributed by atoms with E-state index in [4.69, 9.17) is 4.42 Å². The first-order valence-corrected chi connectivity index (χ1v) is 6.51. The fourth-order valence-corrected chi connectivity index (χ4v) is 1.87. The quantitative estimate of drug-likeness (QED) is 0.929. The number of carbonyl (C=O) groups excluding carboxylic acids is 1. The van der Waals surface area contributed by atoms with Crippen LogP contribution in [0.1, 0.15) is 36.0 Å². The third kappa shape index (κ3) is 2.99. The fourth-order valence-electron chi connectivity index (χ4n) is 1.87. The summed E-state index contributed by atoms with van der Waals surface area (Å²) in [5, 5.41) is 2.81. The number of oxazole rings is 1. The van der Waals surface area contributed by atoms with Gasteiger partial charge in [0.15, 0.2) is 6.39 Å². The maximum Gasteiger partial charge on any atom is 0.293 e. The van der Waals surface area contributed by atoms with Crippen molar-refractivity contribution in [2.75, 3.05) is 24.3 Å². The molecule has 0 fully saturated rings. The lowest BCUT2D eigenvalue weighted by atomic mass is 10.1. The Bertz CT molecular complexity index is 585. The van der Waals surface area contributed by atoms with Crippen molar-refractivity contribution in [3.05, 3.63) is 42.1 Å². The predicted molar refractivity (Wildman–Crippen MR) is 79.3 cm³/mol. The molecule has 2 aromatic rings. The van der Waals surface area contributed by atoms with Gasteiger partial charge in [0.1, 0.15) is 0 Å². The van der Waals surface area contributed by atoms with Crippen LogP contribution in [0.25, 0.3) is 0 Å². The molecule has 20 heavy (non-hydrogen) atoms. The molecule has 0 saturated heterocycles. The molecule has 0 bridgehead atoms. The van der Waals surface area contributed by atoms with Crippen LogP contribution in [0.4, 0.5) is 11.4 Å². The SMILES string of the molecule is CC(C)c1ncoc1C(=O)Nc1ccc(N(C)C)cc1. The highest BCUT2D eigenvalue weighted by molar-refractivity contribution is 6.03. The Balaban J connectivity index is 2.13. The van der Waals surface area contributed by atoms with Crippen molar-refractivity contribution in [1.29, 1.82) is 0 Å². The third-order valence-corrected chi connectivity index (χ3v) is 2.99. The molecule has 2 rings (SSSR count). The highest BCUT2D eigenvalue weighted by atomic mass is 16.3. The first-order valence-electron chi connectivity index (χ1n) is 6.51. The molecule has 0 unspecified atom stereocenters. The summed E-state index contributed by atoms with van der Waals surface area (Å²) >= 11 is 0. The average Bonchev–Trinajstić information content (AvgIpc) is 2.88. The van der Waals surface area contributed by atoms with Crippen molar-refractivity contribution in [2.45, 2.75) is 19.8 Å². The van der Waals surface area contributed by atoms with E-state index in [1.165, 1.54) is 6.39 Å². The zero-order valence-corrected chi connectivity index (χ0v) is 12.2. The molecule has 0 aliphatic heterocycles. The van der Waals surface area contributed by atoms with Crippen LogP contribution < -0.4 is 10.2 Å². The molecule has 1 aromatic heterocycles. The summed E-state index contributed by atoms with van der Waals surface area (Å²) < 4.78 is 5.19. The van der Waals surface area contributed by atoms with Gasteiger partial charge in [-0.2, -0.15) is 0 Å². The largest absolute Gasteiger partial charge is 0.438 e. The zero-order valence-electron chi connectivity index (χ0n) is 12.2. The maximum absolute atomic E-state index is 12.2. The molecular weight excluding hydrogens is 254 g/mol. The molecule has 0 saturated carbocycles. The minimum atomic E-state index is -0.274. The number of carbonyl (C=O) groups is 1. The smallest absolute Gasteiger partial charge is 0.293 e. The second-order valence-electron chi connectivity index (χ2n) is 5.12. The van der Waals surface area contributed by atoms with Crippen molar-refractivity contribution >= 4 is 17.3 Å². The predicted octanol–water partition coefficient (Wildman–Crippen LogP) is 3.12. The number of aromatic nitrogens is 1. The summed E-state index contributed by atoms with van der Waals surface area (Å²) in [6.07, 6.45) is 1.30. The molecular formula is C15H19N3O2. The van der Waals surface area contributed by atoms with Gasteiger partial charge in [-0.15, -0.1) is 0 Å². The normalized spacial score (nSPS) is 10.7. The Morgan fingerprint density at radius 3 is 2.45 bits per heavy atom. The van der Waals surface area contributed by atoms with Crippen LogP contribution in [0.15, 0.2) is 35.1 Å². The van der Waals surface area contributed by atoms with Gasteiger partial charge >= 0.3 is 0 Å². The van der Waals surface area contributed by atoms with Gasteiger partial charge in [0.05, 0.1) is 5.69 Å². The summed E-state index contributed by atoms with van der Waals surface area (Å²) in [6.45, 7) is 3.95. The lowest BCUT2D eigenvalue weighted by Crippen LogP contribution is -2.14. The highest BCUT2D eigenvalue weighted by Gasteiger charge is 2.19. The van der Waals surface area contributed by atoms with Gasteiger partial charge in [0.25, 0.3) is 5.91 Å². The number of hydrogen-bond acceptors (Lipinski definition) is 4. The van der Waals surface area contributed by atoms with E-state index in [2.05, 4.69) is 10.3 Å². The maximum atomic E-state index is 12.2. The van der Waals surface area contributed by atoms with Crippen LogP contribution in [0.5, 0.6) is 0 Å². The lowest BCUT2D eigenvalue weighted by Gasteiger charge is -2.13. The van der Waals surface area contributed by atoms with Gasteiger partial charge in [-0.05, 0) is 30.2 Å². The zero-order chi connectivity index (χ0) is 14.7. The van der Waals surface area contributed by atoms with Crippen LogP contribution >= 0.6 is 0 Å². The van der Waals surface area contributed by atoms with Gasteiger partial charge < -0.3 is 14.6 Å². The number of hydrogen-bond donors (Lipinski definition) is 1. The molecule has 1 heterocycles. The van der Waals surface area contributed by atoms with Crippen molar-refractivity contribution in [3.63, 3.8) is 0 Å². The van der Waals surface area contributed by atoms with Crippen molar-refractivity contribution in [1.82, 2.24) is 4.98 Å². The average molecular weight is 273 g/mol. The van der Waals surface area contributed by atoms with E-state index in [9.17, 15) is 4.79 Å². The molecule has 0 aliphatic rings. The molecule has 1 N–H and O–H groups in total. The molecule has 0 spiro atoms. The number of rotatable bonds is 4. The van der Waals surface area contributed by atoms with Crippen LogP contribution in [0, 0.1) is 0 Å². The Morgan fingerprint density at radius 2 is 1.90 bits per heavy atom. The topological polar surface area (TPSA) is 58.4 Å². The van der Waals surface area contributed by atoms with Crippen LogP contribution in [-0.2, 0) is 0 Å². The van der Waals surface area contributed by atoms with Gasteiger partial charge in [0.2, 0.25) is 5.76 Å². The Hall–Kier alpha value is -2.30. The van der Waals surface area contributed by atoms with Crippen LogP contribution in [0.3, 0.4) is 0 Å². The Labute approximate surface area is 118 Å². The fraction of sp³-hybridized carbons (Fsp3) is 0.333. The third-order valence-electron chi connectivity index (χ3n) is 2.99. The van der Waals surface area contributed by atoms with Crippen molar-refractivity contribution in [3.8, 4) is 0 Å². The monoisotopic (exact) mass is 273 g/mol. The Kier molecular flexibility index (Phi) is 4.08. The lowest BCUT2D eigenvalue weighted by molar-refractivity contribution is 0.0995. The van der Waals surface area contributed by atoms with E-state index in [-0.39, 0.29) is 17.6 Å². The number of anilines is 2. The van der Waals surface area contributed by atoms with E-state index >= 15 is 0 Å². The second-order valence-corrected chi connectivity index (χ2v) is 5.12. The molecule has 0 atom stereocenters. The number of nitrogens with one attached hydrogen (secondary N) is 1. The van der Waals surface area contributed by atoms with Crippen LogP contribution in [0.2, 0.25) is 0 Å². The standard InChI is InChI=1S/C15H19N3O2/c1-10(2)13-14(20-9-16-13)15(19)17-11-5-7-12(8-6-11)18(3)4/h5-10H,1-4H3,(H,17,19). The number of nitrogens with zero attached hydrogens (tertiary/aromatic N) is 2. The number of benzene rings is 1. The summed E-state index contributed by atoms with van der Waals surface area (Å²) in [4.78, 5) is 18.2. The van der Waals surface area contributed by atoms with Gasteiger partial charge in [-0.1, -0.05) is 13.8 Å². The second kappa shape index (κ2) is 5.77. The van der Waals surface area contributed by atoms with Gasteiger partial charge in [-0.25, -0.2) is 4.98 Å². The van der Waals surface area contributed by atoms with Gasteiger partial charge in [-0.3, -0.25) is 4.79 Å². The van der Waals surface area contributed by atoms with E-state index < -0.39 is 0 Å². The summed E-state index contributed by atoms with van der Waals surface area (Å²) in [5.41, 5.74) is 2.48. The van der Waals surface area contributed by atoms with E-state index in [0.29, 0.717) is 5.69 Å². The Morgan fingerprint density at radius 1 is 1.25 bits per heavy atom. The van der Waals surface area contributed by atoms with E-state index in [1.54, 1.807) is 0 Å². The summed E-state index contributed by atoms with van der Waals surface area (Å²) in [7, 11) is 3.94. The molecule has 5 nitrogen and oxygen atoms in total. The van der Waals surface area contributed by atoms with Gasteiger partial charge in [0, 0.05) is 25.5 Å². The molecule has 0 radical (unpaired) electrons. The van der Waals surface area contributed by atoms with Crippen molar-refractivity contribution in [2.24, 2.45) is 0 Å². The van der Waals surface area contributed by atoms with Crippen molar-refractivity contribution < 1.29 is 9.21 Å². The molecule has 1 amide bonds. The van der Waals surface area contributed by atoms with E-state index in [0.717, 1.165) is 11.4 Å². The molecule has 106 valence electrons. The molecule has 1 aromatic carbocycles. The first-order chi connectivity index (χ1) is 9.49. The summed E-state index contributed by atoms with van der Waals surface area (Å²) in [6, 6.07) is 7.61. The minimum Gasteiger partial charge on any atom is -0.438 e. The first kappa shape index (κ1) is 14.1. The summed E-state index contributed by atoms with van der Waals surface area (Å²) in [5.74, 6) is 0.145. The molecule has 0 aliphatic carbocycles. The minimum absolute atomic E-state index is 0.144.